The van der Waals surface area contributed by atoms with Gasteiger partial charge in [-0.25, -0.2) is 18.5 Å². The number of aromatic nitrogens is 2. The number of carbonyl (C=O) groups is 1. The summed E-state index contributed by atoms with van der Waals surface area (Å²) in [7, 11) is -3.71. The fourth-order valence-corrected chi connectivity index (χ4v) is 6.43. The molecule has 4 N–H and O–H groups in total. The number of fused-ring (bicyclic) bond motifs is 3. The molecule has 0 spiro atoms. The number of hydrogen-bond acceptors (Lipinski definition) is 6. The number of nitrogens with two attached hydrogens (primary N) is 1. The van der Waals surface area contributed by atoms with Gasteiger partial charge in [0.1, 0.15) is 10.7 Å². The third-order valence-corrected chi connectivity index (χ3v) is 8.85. The van der Waals surface area contributed by atoms with Crippen molar-refractivity contribution in [3.63, 3.8) is 0 Å². The van der Waals surface area contributed by atoms with E-state index < -0.39 is 10.0 Å². The van der Waals surface area contributed by atoms with Crippen LogP contribution in [0.5, 0.6) is 0 Å². The summed E-state index contributed by atoms with van der Waals surface area (Å²) in [5, 5.41) is 8.68. The summed E-state index contributed by atoms with van der Waals surface area (Å²) < 4.78 is 22.6. The van der Waals surface area contributed by atoms with E-state index in [-0.39, 0.29) is 28.2 Å². The van der Waals surface area contributed by atoms with Crippen molar-refractivity contribution in [1.29, 1.82) is 0 Å². The van der Waals surface area contributed by atoms with E-state index in [9.17, 15) is 18.0 Å². The molecule has 1 aliphatic carbocycles. The molecule has 0 saturated heterocycles. The number of hydrogen-bond donors (Lipinski definition) is 3. The van der Waals surface area contributed by atoms with Gasteiger partial charge in [-0.2, -0.15) is 0 Å². The Balaban J connectivity index is 1.33. The first-order valence-corrected chi connectivity index (χ1v) is 14.2. The summed E-state index contributed by atoms with van der Waals surface area (Å²) in [6, 6.07) is 6.27. The quantitative estimate of drug-likeness (QED) is 0.444. The topological polar surface area (TPSA) is 135 Å². The highest BCUT2D eigenvalue weighted by Crippen LogP contribution is 2.41. The van der Waals surface area contributed by atoms with E-state index in [1.54, 1.807) is 23.5 Å². The van der Waals surface area contributed by atoms with E-state index in [0.717, 1.165) is 40.6 Å². The van der Waals surface area contributed by atoms with Gasteiger partial charge in [0.15, 0.2) is 0 Å². The number of carbonyl (C=O) groups excluding carboxylic acids is 1. The van der Waals surface area contributed by atoms with Crippen molar-refractivity contribution in [1.82, 2.24) is 15.3 Å². The van der Waals surface area contributed by atoms with Crippen molar-refractivity contribution in [2.75, 3.05) is 6.54 Å². The lowest BCUT2D eigenvalue weighted by molar-refractivity contribution is -0.121. The van der Waals surface area contributed by atoms with E-state index in [4.69, 9.17) is 5.14 Å². The van der Waals surface area contributed by atoms with Crippen LogP contribution in [0.15, 0.2) is 34.0 Å². The minimum atomic E-state index is -3.71. The van der Waals surface area contributed by atoms with Gasteiger partial charge in [0.05, 0.1) is 10.3 Å². The van der Waals surface area contributed by atoms with E-state index >= 15 is 0 Å². The third kappa shape index (κ3) is 5.99. The van der Waals surface area contributed by atoms with Crippen LogP contribution in [-0.2, 0) is 40.5 Å². The monoisotopic (exact) mass is 516 g/mol. The van der Waals surface area contributed by atoms with Crippen molar-refractivity contribution in [2.45, 2.75) is 64.2 Å². The average Bonchev–Trinajstić information content (AvgIpc) is 3.15. The van der Waals surface area contributed by atoms with Crippen LogP contribution in [0.2, 0.25) is 0 Å². The molecule has 1 atom stereocenters. The standard InChI is InChI=1S/C25H32N4O4S2/c1-25(2,3)16-6-9-18-19(14-16)34-24-22(18)23(31)28-20(29-24)10-11-21(30)27-13-12-15-4-7-17(8-5-15)35(26,32)33/h4-5,7-8,16H,6,9-14H2,1-3H3,(H,27,30)(H2,26,32,33)(H,28,29,31)/t16-/m1/s1. The van der Waals surface area contributed by atoms with Crippen LogP contribution in [0.4, 0.5) is 0 Å². The fraction of sp³-hybridized carbons (Fsp3) is 0.480. The van der Waals surface area contributed by atoms with Crippen molar-refractivity contribution in [3.05, 3.63) is 56.4 Å². The number of benzene rings is 1. The Morgan fingerprint density at radius 3 is 2.60 bits per heavy atom. The summed E-state index contributed by atoms with van der Waals surface area (Å²) in [5.74, 6) is 0.992. The molecule has 2 heterocycles. The van der Waals surface area contributed by atoms with Gasteiger partial charge in [-0.1, -0.05) is 32.9 Å². The molecular weight excluding hydrogens is 484 g/mol. The van der Waals surface area contributed by atoms with E-state index in [1.807, 2.05) is 0 Å². The molecule has 0 aliphatic heterocycles. The largest absolute Gasteiger partial charge is 0.356 e. The van der Waals surface area contributed by atoms with Gasteiger partial charge in [0, 0.05) is 24.3 Å². The van der Waals surface area contributed by atoms with E-state index in [1.165, 1.54) is 17.0 Å². The molecule has 0 radical (unpaired) electrons. The van der Waals surface area contributed by atoms with Crippen LogP contribution >= 0.6 is 11.3 Å². The number of nitrogens with zero attached hydrogens (tertiary/aromatic N) is 1. The Hall–Kier alpha value is -2.56. The number of sulfonamides is 1. The number of aryl methyl sites for hydroxylation is 2. The molecule has 4 rings (SSSR count). The van der Waals surface area contributed by atoms with Gasteiger partial charge in [-0.05, 0) is 60.3 Å². The number of nitrogens with one attached hydrogen (secondary N) is 2. The second-order valence-electron chi connectivity index (χ2n) is 10.3. The molecule has 1 amide bonds. The summed E-state index contributed by atoms with van der Waals surface area (Å²) in [6.45, 7) is 7.24. The lowest BCUT2D eigenvalue weighted by Crippen LogP contribution is -2.27. The molecule has 3 aromatic rings. The van der Waals surface area contributed by atoms with Gasteiger partial charge >= 0.3 is 0 Å². The van der Waals surface area contributed by atoms with Crippen LogP contribution < -0.4 is 16.0 Å². The summed E-state index contributed by atoms with van der Waals surface area (Å²) in [4.78, 5) is 34.8. The fourth-order valence-electron chi connectivity index (χ4n) is 4.60. The molecule has 10 heteroatoms. The zero-order valence-corrected chi connectivity index (χ0v) is 21.9. The summed E-state index contributed by atoms with van der Waals surface area (Å²) in [5.41, 5.74) is 2.17. The maximum atomic E-state index is 12.8. The predicted molar refractivity (Wildman–Crippen MR) is 138 cm³/mol. The van der Waals surface area contributed by atoms with Gasteiger partial charge in [-0.3, -0.25) is 9.59 Å². The van der Waals surface area contributed by atoms with Crippen molar-refractivity contribution in [2.24, 2.45) is 16.5 Å². The SMILES string of the molecule is CC(C)(C)[C@@H]1CCc2c(sc3nc(CCC(=O)NCCc4ccc(S(N)(=O)=O)cc4)[nH]c(=O)c23)C1. The first-order valence-electron chi connectivity index (χ1n) is 11.8. The maximum Gasteiger partial charge on any atom is 0.259 e. The highest BCUT2D eigenvalue weighted by Gasteiger charge is 2.31. The highest BCUT2D eigenvalue weighted by molar-refractivity contribution is 7.89. The molecule has 0 fully saturated rings. The third-order valence-electron chi connectivity index (χ3n) is 6.77. The summed E-state index contributed by atoms with van der Waals surface area (Å²) >= 11 is 1.62. The second-order valence-corrected chi connectivity index (χ2v) is 12.9. The molecule has 188 valence electrons. The van der Waals surface area contributed by atoms with Gasteiger partial charge in [0.25, 0.3) is 5.56 Å². The van der Waals surface area contributed by atoms with E-state index in [2.05, 4.69) is 36.1 Å². The van der Waals surface area contributed by atoms with Crippen molar-refractivity contribution < 1.29 is 13.2 Å². The molecule has 1 aromatic carbocycles. The van der Waals surface area contributed by atoms with Gasteiger partial charge in [0.2, 0.25) is 15.9 Å². The predicted octanol–water partition coefficient (Wildman–Crippen LogP) is 3.07. The first-order chi connectivity index (χ1) is 16.4. The smallest absolute Gasteiger partial charge is 0.259 e. The van der Waals surface area contributed by atoms with E-state index in [0.29, 0.717) is 31.1 Å². The number of H-pyrrole nitrogens is 1. The van der Waals surface area contributed by atoms with Crippen LogP contribution in [0.25, 0.3) is 10.2 Å². The maximum absolute atomic E-state index is 12.8. The number of amides is 1. The minimum absolute atomic E-state index is 0.0596. The summed E-state index contributed by atoms with van der Waals surface area (Å²) in [6.07, 6.45) is 4.12. The average molecular weight is 517 g/mol. The van der Waals surface area contributed by atoms with Gasteiger partial charge < -0.3 is 10.3 Å². The van der Waals surface area contributed by atoms with Crippen LogP contribution in [0, 0.1) is 11.3 Å². The molecule has 0 saturated carbocycles. The second kappa shape index (κ2) is 9.83. The normalized spacial score (nSPS) is 16.3. The Kier molecular flexibility index (Phi) is 7.17. The number of thiophene rings is 1. The van der Waals surface area contributed by atoms with Crippen LogP contribution in [-0.4, -0.2) is 30.8 Å². The molecule has 0 bridgehead atoms. The van der Waals surface area contributed by atoms with Crippen LogP contribution in [0.3, 0.4) is 0 Å². The zero-order chi connectivity index (χ0) is 25.4. The molecule has 8 nitrogen and oxygen atoms in total. The molecule has 1 aliphatic rings. The Labute approximate surface area is 209 Å². The Bertz CT molecular complexity index is 1400. The molecule has 35 heavy (non-hydrogen) atoms. The number of rotatable bonds is 7. The lowest BCUT2D eigenvalue weighted by Gasteiger charge is -2.33. The lowest BCUT2D eigenvalue weighted by atomic mass is 9.72. The molecule has 0 unspecified atom stereocenters. The minimum Gasteiger partial charge on any atom is -0.356 e. The molecular formula is C25H32N4O4S2. The first kappa shape index (κ1) is 25.5. The van der Waals surface area contributed by atoms with Crippen molar-refractivity contribution >= 4 is 37.5 Å². The molecule has 2 aromatic heterocycles. The number of primary sulfonamides is 1. The number of aromatic amines is 1. The Morgan fingerprint density at radius 1 is 1.23 bits per heavy atom. The Morgan fingerprint density at radius 2 is 1.94 bits per heavy atom. The van der Waals surface area contributed by atoms with Crippen LogP contribution in [0.1, 0.15) is 55.4 Å². The van der Waals surface area contributed by atoms with Gasteiger partial charge in [-0.15, -0.1) is 11.3 Å². The van der Waals surface area contributed by atoms with Crippen molar-refractivity contribution in [3.8, 4) is 0 Å². The highest BCUT2D eigenvalue weighted by atomic mass is 32.2. The zero-order valence-electron chi connectivity index (χ0n) is 20.3.